The van der Waals surface area contributed by atoms with Gasteiger partial charge in [0, 0.05) is 30.8 Å². The number of likely N-dealkylation sites (N-methyl/N-ethyl adjacent to an activating group) is 1. The first-order chi connectivity index (χ1) is 9.73. The van der Waals surface area contributed by atoms with Crippen LogP contribution in [0.25, 0.3) is 0 Å². The summed E-state index contributed by atoms with van der Waals surface area (Å²) in [4.78, 5) is 23.6. The monoisotopic (exact) mass is 296 g/mol. The molecule has 0 spiro atoms. The van der Waals surface area contributed by atoms with Gasteiger partial charge in [-0.15, -0.1) is 0 Å². The van der Waals surface area contributed by atoms with Gasteiger partial charge in [0.05, 0.1) is 11.0 Å². The Bertz CT molecular complexity index is 528. The smallest absolute Gasteiger partial charge is 0.270 e. The molecule has 0 aliphatic carbocycles. The highest BCUT2D eigenvalue weighted by Crippen LogP contribution is 2.29. The largest absolute Gasteiger partial charge is 0.483 e. The number of nitrogens with zero attached hydrogens (tertiary/aromatic N) is 2. The first-order valence-corrected chi connectivity index (χ1v) is 6.59. The van der Waals surface area contributed by atoms with Crippen LogP contribution < -0.4 is 4.74 Å². The minimum absolute atomic E-state index is 0.0502. The Morgan fingerprint density at radius 2 is 2.05 bits per heavy atom. The van der Waals surface area contributed by atoms with Crippen molar-refractivity contribution in [2.24, 2.45) is 0 Å². The van der Waals surface area contributed by atoms with Crippen LogP contribution in [-0.2, 0) is 4.79 Å². The summed E-state index contributed by atoms with van der Waals surface area (Å²) in [6.45, 7) is 5.05. The topological polar surface area (TPSA) is 92.9 Å². The zero-order valence-corrected chi connectivity index (χ0v) is 12.6. The van der Waals surface area contributed by atoms with Crippen molar-refractivity contribution in [3.63, 3.8) is 0 Å². The highest BCUT2D eigenvalue weighted by molar-refractivity contribution is 5.77. The fourth-order valence-electron chi connectivity index (χ4n) is 1.64. The van der Waals surface area contributed by atoms with E-state index in [-0.39, 0.29) is 35.6 Å². The molecule has 0 fully saturated rings. The van der Waals surface area contributed by atoms with E-state index in [0.29, 0.717) is 0 Å². The van der Waals surface area contributed by atoms with Gasteiger partial charge in [0.25, 0.3) is 11.6 Å². The van der Waals surface area contributed by atoms with Gasteiger partial charge in [-0.25, -0.2) is 0 Å². The van der Waals surface area contributed by atoms with Crippen molar-refractivity contribution in [2.75, 3.05) is 13.7 Å². The summed E-state index contributed by atoms with van der Waals surface area (Å²) in [6, 6.07) is 3.96. The number of hydrogen-bond donors (Lipinski definition) is 1. The van der Waals surface area contributed by atoms with Gasteiger partial charge in [0.2, 0.25) is 0 Å². The lowest BCUT2D eigenvalue weighted by molar-refractivity contribution is -0.385. The summed E-state index contributed by atoms with van der Waals surface area (Å²) in [5.41, 5.74) is 0.146. The predicted octanol–water partition coefficient (Wildman–Crippen LogP) is 1.89. The molecule has 21 heavy (non-hydrogen) atoms. The van der Waals surface area contributed by atoms with Crippen LogP contribution in [0.1, 0.15) is 32.4 Å². The summed E-state index contributed by atoms with van der Waals surface area (Å²) >= 11 is 0. The van der Waals surface area contributed by atoms with Gasteiger partial charge in [-0.1, -0.05) is 0 Å². The third-order valence-corrected chi connectivity index (χ3v) is 3.17. The Kier molecular flexibility index (Phi) is 5.66. The zero-order chi connectivity index (χ0) is 16.2. The number of nitro groups is 1. The van der Waals surface area contributed by atoms with Crippen molar-refractivity contribution >= 4 is 11.6 Å². The summed E-state index contributed by atoms with van der Waals surface area (Å²) in [6.07, 6.45) is -0.933. The average molecular weight is 296 g/mol. The summed E-state index contributed by atoms with van der Waals surface area (Å²) < 4.78 is 5.39. The Hall–Kier alpha value is -2.15. The normalized spacial score (nSPS) is 12.1. The third kappa shape index (κ3) is 4.42. The SMILES string of the molecule is CC(O)c1cc([N+](=O)[O-])ccc1OCC(=O)N(C)C(C)C. The Morgan fingerprint density at radius 3 is 2.52 bits per heavy atom. The average Bonchev–Trinajstić information content (AvgIpc) is 2.43. The van der Waals surface area contributed by atoms with E-state index in [0.717, 1.165) is 0 Å². The maximum absolute atomic E-state index is 11.8. The number of amides is 1. The number of rotatable bonds is 6. The van der Waals surface area contributed by atoms with Crippen LogP contribution in [0.5, 0.6) is 5.75 Å². The summed E-state index contributed by atoms with van der Waals surface area (Å²) in [5.74, 6) is 0.0565. The van der Waals surface area contributed by atoms with Gasteiger partial charge in [0.1, 0.15) is 5.75 Å². The van der Waals surface area contributed by atoms with Crippen molar-refractivity contribution in [2.45, 2.75) is 32.9 Å². The Morgan fingerprint density at radius 1 is 1.43 bits per heavy atom. The maximum atomic E-state index is 11.8. The molecule has 0 heterocycles. The Balaban J connectivity index is 2.88. The third-order valence-electron chi connectivity index (χ3n) is 3.17. The number of ether oxygens (including phenoxy) is 1. The van der Waals surface area contributed by atoms with Gasteiger partial charge in [-0.3, -0.25) is 14.9 Å². The maximum Gasteiger partial charge on any atom is 0.270 e. The van der Waals surface area contributed by atoms with E-state index in [9.17, 15) is 20.0 Å². The number of hydrogen-bond acceptors (Lipinski definition) is 5. The van der Waals surface area contributed by atoms with Gasteiger partial charge >= 0.3 is 0 Å². The molecule has 0 radical (unpaired) electrons. The lowest BCUT2D eigenvalue weighted by Crippen LogP contribution is -2.36. The standard InChI is InChI=1S/C14H20N2O5/c1-9(2)15(4)14(18)8-21-13-6-5-11(16(19)20)7-12(13)10(3)17/h5-7,9-10,17H,8H2,1-4H3. The molecular formula is C14H20N2O5. The molecule has 0 aliphatic heterocycles. The van der Waals surface area contributed by atoms with E-state index >= 15 is 0 Å². The second-order valence-electron chi connectivity index (χ2n) is 5.04. The molecule has 1 aromatic rings. The number of aliphatic hydroxyl groups excluding tert-OH is 1. The Labute approximate surface area is 123 Å². The summed E-state index contributed by atoms with van der Waals surface area (Å²) in [5, 5.41) is 20.4. The molecule has 0 aliphatic rings. The first kappa shape index (κ1) is 16.9. The lowest BCUT2D eigenvalue weighted by Gasteiger charge is -2.22. The van der Waals surface area contributed by atoms with Gasteiger partial charge < -0.3 is 14.7 Å². The van der Waals surface area contributed by atoms with Crippen molar-refractivity contribution in [3.05, 3.63) is 33.9 Å². The molecule has 0 saturated carbocycles. The van der Waals surface area contributed by atoms with Crippen LogP contribution in [0.3, 0.4) is 0 Å². The minimum Gasteiger partial charge on any atom is -0.483 e. The molecule has 116 valence electrons. The second-order valence-corrected chi connectivity index (χ2v) is 5.04. The van der Waals surface area contributed by atoms with Crippen LogP contribution in [0.4, 0.5) is 5.69 Å². The van der Waals surface area contributed by atoms with Crippen molar-refractivity contribution < 1.29 is 19.6 Å². The van der Waals surface area contributed by atoms with Crippen molar-refractivity contribution in [1.29, 1.82) is 0 Å². The first-order valence-electron chi connectivity index (χ1n) is 6.59. The second kappa shape index (κ2) is 7.03. The summed E-state index contributed by atoms with van der Waals surface area (Å²) in [7, 11) is 1.67. The van der Waals surface area contributed by atoms with Crippen LogP contribution in [0, 0.1) is 10.1 Å². The molecule has 0 saturated heterocycles. The van der Waals surface area contributed by atoms with E-state index in [1.807, 2.05) is 13.8 Å². The van der Waals surface area contributed by atoms with Crippen LogP contribution in [0.15, 0.2) is 18.2 Å². The van der Waals surface area contributed by atoms with E-state index in [4.69, 9.17) is 4.74 Å². The van der Waals surface area contributed by atoms with Gasteiger partial charge in [-0.05, 0) is 26.8 Å². The highest BCUT2D eigenvalue weighted by Gasteiger charge is 2.18. The quantitative estimate of drug-likeness (QED) is 0.639. The highest BCUT2D eigenvalue weighted by atomic mass is 16.6. The lowest BCUT2D eigenvalue weighted by atomic mass is 10.1. The van der Waals surface area contributed by atoms with Gasteiger partial charge in [-0.2, -0.15) is 0 Å². The molecule has 0 bridgehead atoms. The molecule has 7 heteroatoms. The molecule has 1 amide bonds. The predicted molar refractivity (Wildman–Crippen MR) is 77.1 cm³/mol. The number of carbonyl (C=O) groups excluding carboxylic acids is 1. The fourth-order valence-corrected chi connectivity index (χ4v) is 1.64. The molecule has 0 aromatic heterocycles. The molecule has 1 aromatic carbocycles. The van der Waals surface area contributed by atoms with Crippen LogP contribution in [0.2, 0.25) is 0 Å². The fraction of sp³-hybridized carbons (Fsp3) is 0.500. The van der Waals surface area contributed by atoms with Crippen molar-refractivity contribution in [1.82, 2.24) is 4.90 Å². The van der Waals surface area contributed by atoms with E-state index in [1.165, 1.54) is 30.0 Å². The number of benzene rings is 1. The number of aliphatic hydroxyl groups is 1. The minimum atomic E-state index is -0.933. The van der Waals surface area contributed by atoms with Crippen molar-refractivity contribution in [3.8, 4) is 5.75 Å². The van der Waals surface area contributed by atoms with Crippen LogP contribution in [-0.4, -0.2) is 40.5 Å². The van der Waals surface area contributed by atoms with E-state index < -0.39 is 11.0 Å². The molecule has 1 N–H and O–H groups in total. The van der Waals surface area contributed by atoms with E-state index in [2.05, 4.69) is 0 Å². The van der Waals surface area contributed by atoms with E-state index in [1.54, 1.807) is 7.05 Å². The number of non-ortho nitro benzene ring substituents is 1. The molecular weight excluding hydrogens is 276 g/mol. The van der Waals surface area contributed by atoms with Crippen LogP contribution >= 0.6 is 0 Å². The van der Waals surface area contributed by atoms with Gasteiger partial charge in [0.15, 0.2) is 6.61 Å². The molecule has 1 unspecified atom stereocenters. The zero-order valence-electron chi connectivity index (χ0n) is 12.6. The molecule has 1 atom stereocenters. The number of carbonyl (C=O) groups is 1. The molecule has 7 nitrogen and oxygen atoms in total. The molecule has 1 rings (SSSR count). The number of nitro benzene ring substituents is 1.